The van der Waals surface area contributed by atoms with Crippen molar-refractivity contribution in [3.8, 4) is 0 Å². The molecule has 2 aromatic heterocycles. The van der Waals surface area contributed by atoms with E-state index < -0.39 is 23.0 Å². The largest absolute Gasteiger partial charge is 0.338 e. The average Bonchev–Trinajstić information content (AvgIpc) is 3.70. The lowest BCUT2D eigenvalue weighted by atomic mass is 9.99. The van der Waals surface area contributed by atoms with Gasteiger partial charge in [-0.1, -0.05) is 0 Å². The molecule has 3 aliphatic carbocycles. The number of hydrogen-bond acceptors (Lipinski definition) is 5. The Kier molecular flexibility index (Phi) is 3.37. The van der Waals surface area contributed by atoms with E-state index in [0.29, 0.717) is 52.9 Å². The van der Waals surface area contributed by atoms with Crippen LogP contribution in [0.1, 0.15) is 62.6 Å². The molecule has 0 saturated heterocycles. The van der Waals surface area contributed by atoms with Gasteiger partial charge in [0.1, 0.15) is 17.2 Å². The number of benzene rings is 1. The summed E-state index contributed by atoms with van der Waals surface area (Å²) in [7, 11) is 0. The van der Waals surface area contributed by atoms with Crippen molar-refractivity contribution in [3.63, 3.8) is 0 Å². The molecule has 3 fully saturated rings. The van der Waals surface area contributed by atoms with E-state index in [0.717, 1.165) is 5.69 Å². The molecule has 9 nitrogen and oxygen atoms in total. The van der Waals surface area contributed by atoms with Crippen LogP contribution in [0.4, 0.5) is 10.1 Å². The van der Waals surface area contributed by atoms with Gasteiger partial charge < -0.3 is 15.2 Å². The number of halogens is 1. The van der Waals surface area contributed by atoms with Gasteiger partial charge >= 0.3 is 0 Å². The quantitative estimate of drug-likeness (QED) is 0.396. The minimum absolute atomic E-state index is 0.229. The van der Waals surface area contributed by atoms with Crippen LogP contribution in [0.25, 0.3) is 0 Å². The van der Waals surface area contributed by atoms with Crippen LogP contribution in [0.2, 0.25) is 0 Å². The highest BCUT2D eigenvalue weighted by Crippen LogP contribution is 2.86. The molecule has 3 saturated carbocycles. The summed E-state index contributed by atoms with van der Waals surface area (Å²) in [6, 6.07) is 5.74. The van der Waals surface area contributed by atoms with Gasteiger partial charge in [0.05, 0.1) is 17.3 Å². The van der Waals surface area contributed by atoms with E-state index in [9.17, 15) is 18.8 Å². The Morgan fingerprint density at radius 3 is 2.55 bits per heavy atom. The van der Waals surface area contributed by atoms with Crippen molar-refractivity contribution in [1.82, 2.24) is 25.3 Å². The van der Waals surface area contributed by atoms with Gasteiger partial charge in [-0.2, -0.15) is 15.4 Å². The number of Topliss-reactive ketones (excluding diaryl/α,β-unsaturated/α-hetero) is 1. The zero-order chi connectivity index (χ0) is 22.6. The van der Waals surface area contributed by atoms with Crippen LogP contribution >= 0.6 is 0 Å². The van der Waals surface area contributed by atoms with Crippen LogP contribution in [0.15, 0.2) is 30.5 Å². The molecule has 2 unspecified atom stereocenters. The molecule has 4 heterocycles. The Hall–Kier alpha value is -3.82. The van der Waals surface area contributed by atoms with Gasteiger partial charge in [0.15, 0.2) is 0 Å². The summed E-state index contributed by atoms with van der Waals surface area (Å²) < 4.78 is 15.2. The third-order valence-electron chi connectivity index (χ3n) is 7.64. The summed E-state index contributed by atoms with van der Waals surface area (Å²) in [6.07, 6.45) is 2.92. The number of rotatable bonds is 6. The van der Waals surface area contributed by atoms with Crippen LogP contribution in [0, 0.1) is 24.6 Å². The molecule has 2 aliphatic heterocycles. The topological polar surface area (TPSA) is 122 Å². The number of carbonyl (C=O) groups excluding carboxylic acids is 3. The zero-order valence-electron chi connectivity index (χ0n) is 17.6. The Labute approximate surface area is 186 Å². The predicted molar refractivity (Wildman–Crippen MR) is 112 cm³/mol. The van der Waals surface area contributed by atoms with Crippen LogP contribution in [-0.2, 0) is 10.3 Å². The van der Waals surface area contributed by atoms with Crippen LogP contribution in [0.5, 0.6) is 0 Å². The van der Waals surface area contributed by atoms with Crippen molar-refractivity contribution >= 4 is 23.3 Å². The molecular weight excluding hydrogens is 427 g/mol. The second-order valence-electron chi connectivity index (χ2n) is 9.46. The molecule has 8 rings (SSSR count). The van der Waals surface area contributed by atoms with Crippen molar-refractivity contribution < 1.29 is 18.8 Å². The Balaban J connectivity index is 1.21. The zero-order valence-corrected chi connectivity index (χ0v) is 17.6. The van der Waals surface area contributed by atoms with Crippen molar-refractivity contribution in [2.45, 2.75) is 37.3 Å². The molecule has 3 N–H and O–H groups in total. The summed E-state index contributed by atoms with van der Waals surface area (Å²) in [6.45, 7) is 1.71. The predicted octanol–water partition coefficient (Wildman–Crippen LogP) is 2.19. The minimum Gasteiger partial charge on any atom is -0.338 e. The van der Waals surface area contributed by atoms with E-state index in [1.807, 2.05) is 4.57 Å². The lowest BCUT2D eigenvalue weighted by Gasteiger charge is -2.14. The first-order chi connectivity index (χ1) is 15.9. The Bertz CT molecular complexity index is 1360. The summed E-state index contributed by atoms with van der Waals surface area (Å²) in [5.41, 5.74) is 2.46. The van der Waals surface area contributed by atoms with Crippen LogP contribution in [0.3, 0.4) is 0 Å². The van der Waals surface area contributed by atoms with E-state index in [2.05, 4.69) is 26.0 Å². The van der Waals surface area contributed by atoms with Gasteiger partial charge in [0, 0.05) is 23.3 Å². The third kappa shape index (κ3) is 2.43. The highest BCUT2D eigenvalue weighted by atomic mass is 19.1. The SMILES string of the molecule is Cc1c(C(=O)C(=O)NC2(c3cn[nH]n3)CC2)c2n(c1C(=O)Nc1ccc(F)cc1)C1C3C2C31. The summed E-state index contributed by atoms with van der Waals surface area (Å²) in [4.78, 5) is 39.6. The van der Waals surface area contributed by atoms with Gasteiger partial charge in [-0.3, -0.25) is 14.4 Å². The standard InChI is InChI=1S/C23H19FN6O3/c1-9-13(20(31)22(33)27-23(6-7-23)12-8-25-29-28-12)18-14-15-16(14)19(15)30(18)17(9)21(32)26-11-4-2-10(24)3-5-11/h2-5,8,14-16,19H,6-7H2,1H3,(H,26,32)(H,27,33)(H,25,28,29). The normalized spacial score (nSPS) is 26.2. The first-order valence-corrected chi connectivity index (χ1v) is 11.0. The molecule has 2 atom stereocenters. The maximum atomic E-state index is 13.4. The van der Waals surface area contributed by atoms with E-state index in [-0.39, 0.29) is 17.9 Å². The first kappa shape index (κ1) is 18.7. The molecule has 2 bridgehead atoms. The number of nitrogens with zero attached hydrogens (tertiary/aromatic N) is 3. The molecule has 5 aliphatic rings. The van der Waals surface area contributed by atoms with Crippen molar-refractivity contribution in [3.05, 3.63) is 64.5 Å². The highest BCUT2D eigenvalue weighted by molar-refractivity contribution is 6.44. The van der Waals surface area contributed by atoms with E-state index >= 15 is 0 Å². The second-order valence-corrected chi connectivity index (χ2v) is 9.46. The lowest BCUT2D eigenvalue weighted by molar-refractivity contribution is -0.118. The number of aromatic amines is 1. The molecule has 1 aromatic carbocycles. The first-order valence-electron chi connectivity index (χ1n) is 11.0. The van der Waals surface area contributed by atoms with Crippen LogP contribution < -0.4 is 10.6 Å². The summed E-state index contributed by atoms with van der Waals surface area (Å²) in [5, 5.41) is 16.0. The summed E-state index contributed by atoms with van der Waals surface area (Å²) in [5.74, 6) is -0.897. The van der Waals surface area contributed by atoms with Gasteiger partial charge in [-0.25, -0.2) is 4.39 Å². The van der Waals surface area contributed by atoms with E-state index in [4.69, 9.17) is 0 Å². The molecule has 0 spiro atoms. The van der Waals surface area contributed by atoms with Crippen molar-refractivity contribution in [1.29, 1.82) is 0 Å². The molecule has 33 heavy (non-hydrogen) atoms. The van der Waals surface area contributed by atoms with E-state index in [1.165, 1.54) is 24.3 Å². The molecule has 10 heteroatoms. The molecule has 3 aromatic rings. The van der Waals surface area contributed by atoms with Crippen molar-refractivity contribution in [2.24, 2.45) is 11.8 Å². The molecule has 0 radical (unpaired) electrons. The molecule has 166 valence electrons. The van der Waals surface area contributed by atoms with Gasteiger partial charge in [-0.05, 0) is 61.4 Å². The fourth-order valence-corrected chi connectivity index (χ4v) is 5.74. The number of ketones is 1. The maximum Gasteiger partial charge on any atom is 0.293 e. The minimum atomic E-state index is -0.698. The summed E-state index contributed by atoms with van der Waals surface area (Å²) >= 11 is 0. The fourth-order valence-electron chi connectivity index (χ4n) is 5.74. The fraction of sp³-hybridized carbons (Fsp3) is 0.348. The number of anilines is 1. The number of nitrogens with one attached hydrogen (secondary N) is 3. The monoisotopic (exact) mass is 446 g/mol. The number of carbonyl (C=O) groups is 3. The number of hydrogen-bond donors (Lipinski definition) is 3. The number of H-pyrrole nitrogens is 1. The van der Waals surface area contributed by atoms with Gasteiger partial charge in [0.2, 0.25) is 0 Å². The lowest BCUT2D eigenvalue weighted by Crippen LogP contribution is -2.40. The molecular formula is C23H19FN6O3. The molecule has 2 amide bonds. The Morgan fingerprint density at radius 2 is 1.91 bits per heavy atom. The van der Waals surface area contributed by atoms with Gasteiger partial charge in [0.25, 0.3) is 17.6 Å². The highest BCUT2D eigenvalue weighted by Gasteiger charge is 2.81. The van der Waals surface area contributed by atoms with Crippen LogP contribution in [-0.4, -0.2) is 37.6 Å². The van der Waals surface area contributed by atoms with Crippen molar-refractivity contribution in [2.75, 3.05) is 5.32 Å². The van der Waals surface area contributed by atoms with Gasteiger partial charge in [-0.15, -0.1) is 0 Å². The Morgan fingerprint density at radius 1 is 1.18 bits per heavy atom. The third-order valence-corrected chi connectivity index (χ3v) is 7.64. The number of amides is 2. The maximum absolute atomic E-state index is 13.4. The number of aromatic nitrogens is 4. The second kappa shape index (κ2) is 5.94. The van der Waals surface area contributed by atoms with E-state index in [1.54, 1.807) is 13.1 Å². The smallest absolute Gasteiger partial charge is 0.293 e. The average molecular weight is 446 g/mol.